The SMILES string of the molecule is Cc1c(Cc2ccc(-c3cnn(C)c3)nc2)cc2c(c1C)CCNC2=O. The Kier molecular flexibility index (Phi) is 4.07. The Hall–Kier alpha value is -2.95. The van der Waals surface area contributed by atoms with Gasteiger partial charge in [0.2, 0.25) is 0 Å². The maximum Gasteiger partial charge on any atom is 0.251 e. The van der Waals surface area contributed by atoms with Crippen LogP contribution in [0.2, 0.25) is 0 Å². The van der Waals surface area contributed by atoms with Crippen molar-refractivity contribution in [1.29, 1.82) is 0 Å². The average molecular weight is 346 g/mol. The first-order valence-electron chi connectivity index (χ1n) is 8.87. The third kappa shape index (κ3) is 2.90. The summed E-state index contributed by atoms with van der Waals surface area (Å²) in [5.74, 6) is 0.0423. The number of hydrogen-bond donors (Lipinski definition) is 1. The van der Waals surface area contributed by atoms with Gasteiger partial charge in [0.25, 0.3) is 5.91 Å². The molecule has 5 nitrogen and oxygen atoms in total. The summed E-state index contributed by atoms with van der Waals surface area (Å²) in [6.07, 6.45) is 7.37. The van der Waals surface area contributed by atoms with Gasteiger partial charge in [-0.15, -0.1) is 0 Å². The van der Waals surface area contributed by atoms with E-state index in [0.717, 1.165) is 41.8 Å². The van der Waals surface area contributed by atoms with Crippen LogP contribution in [0.4, 0.5) is 0 Å². The van der Waals surface area contributed by atoms with E-state index in [-0.39, 0.29) is 5.91 Å². The lowest BCUT2D eigenvalue weighted by Crippen LogP contribution is -2.32. The van der Waals surface area contributed by atoms with Crippen molar-refractivity contribution in [3.63, 3.8) is 0 Å². The summed E-state index contributed by atoms with van der Waals surface area (Å²) in [6.45, 7) is 5.00. The highest BCUT2D eigenvalue weighted by molar-refractivity contribution is 5.97. The number of fused-ring (bicyclic) bond motifs is 1. The first-order valence-corrected chi connectivity index (χ1v) is 8.87. The molecule has 0 saturated carbocycles. The molecule has 1 aliphatic rings. The van der Waals surface area contributed by atoms with Crippen molar-refractivity contribution < 1.29 is 4.79 Å². The molecule has 132 valence electrons. The van der Waals surface area contributed by atoms with Gasteiger partial charge in [-0.3, -0.25) is 14.5 Å². The number of aromatic nitrogens is 3. The van der Waals surface area contributed by atoms with Gasteiger partial charge in [-0.05, 0) is 66.6 Å². The molecule has 2 aromatic heterocycles. The molecule has 1 aromatic carbocycles. The molecule has 0 radical (unpaired) electrons. The summed E-state index contributed by atoms with van der Waals surface area (Å²) < 4.78 is 1.77. The van der Waals surface area contributed by atoms with Crippen LogP contribution < -0.4 is 5.32 Å². The number of nitrogens with one attached hydrogen (secondary N) is 1. The zero-order chi connectivity index (χ0) is 18.3. The smallest absolute Gasteiger partial charge is 0.251 e. The summed E-state index contributed by atoms with van der Waals surface area (Å²) in [4.78, 5) is 16.8. The molecule has 0 bridgehead atoms. The largest absolute Gasteiger partial charge is 0.352 e. The minimum Gasteiger partial charge on any atom is -0.352 e. The van der Waals surface area contributed by atoms with Crippen LogP contribution in [0, 0.1) is 13.8 Å². The molecule has 0 aliphatic carbocycles. The topological polar surface area (TPSA) is 59.8 Å². The Morgan fingerprint density at radius 3 is 2.73 bits per heavy atom. The van der Waals surface area contributed by atoms with E-state index in [0.29, 0.717) is 0 Å². The maximum absolute atomic E-state index is 12.2. The molecule has 3 heterocycles. The Labute approximate surface area is 153 Å². The van der Waals surface area contributed by atoms with Gasteiger partial charge in [0.1, 0.15) is 0 Å². The highest BCUT2D eigenvalue weighted by atomic mass is 16.1. The van der Waals surface area contributed by atoms with Crippen LogP contribution in [0.1, 0.15) is 38.2 Å². The van der Waals surface area contributed by atoms with Gasteiger partial charge >= 0.3 is 0 Å². The molecule has 1 aliphatic heterocycles. The second-order valence-electron chi connectivity index (χ2n) is 6.95. The number of hydrogen-bond acceptors (Lipinski definition) is 3. The summed E-state index contributed by atoms with van der Waals surface area (Å²) in [6, 6.07) is 6.18. The Balaban J connectivity index is 1.64. The van der Waals surface area contributed by atoms with Crippen LogP contribution in [0.15, 0.2) is 36.8 Å². The first-order chi connectivity index (χ1) is 12.5. The normalized spacial score (nSPS) is 13.4. The summed E-state index contributed by atoms with van der Waals surface area (Å²) in [5.41, 5.74) is 8.79. The van der Waals surface area contributed by atoms with Crippen molar-refractivity contribution in [2.24, 2.45) is 7.05 Å². The van der Waals surface area contributed by atoms with Gasteiger partial charge in [-0.25, -0.2) is 0 Å². The molecule has 4 rings (SSSR count). The molecule has 1 amide bonds. The minimum absolute atomic E-state index is 0.0423. The Morgan fingerprint density at radius 2 is 2.04 bits per heavy atom. The number of rotatable bonds is 3. The molecule has 0 fully saturated rings. The molecule has 0 saturated heterocycles. The van der Waals surface area contributed by atoms with Gasteiger partial charge < -0.3 is 5.32 Å². The molecule has 26 heavy (non-hydrogen) atoms. The lowest BCUT2D eigenvalue weighted by Gasteiger charge is -2.22. The maximum atomic E-state index is 12.2. The minimum atomic E-state index is 0.0423. The van der Waals surface area contributed by atoms with Gasteiger partial charge in [-0.1, -0.05) is 6.07 Å². The van der Waals surface area contributed by atoms with E-state index in [9.17, 15) is 4.79 Å². The van der Waals surface area contributed by atoms with Crippen molar-refractivity contribution in [3.8, 4) is 11.3 Å². The zero-order valence-electron chi connectivity index (χ0n) is 15.3. The first kappa shape index (κ1) is 16.5. The summed E-state index contributed by atoms with van der Waals surface area (Å²) >= 11 is 0. The number of benzene rings is 1. The van der Waals surface area contributed by atoms with E-state index in [4.69, 9.17) is 0 Å². The zero-order valence-corrected chi connectivity index (χ0v) is 15.3. The van der Waals surface area contributed by atoms with Gasteiger partial charge in [0, 0.05) is 37.1 Å². The van der Waals surface area contributed by atoms with Crippen LogP contribution in [0.3, 0.4) is 0 Å². The highest BCUT2D eigenvalue weighted by Crippen LogP contribution is 2.27. The predicted octanol–water partition coefficient (Wildman–Crippen LogP) is 2.98. The molecule has 5 heteroatoms. The molecular weight excluding hydrogens is 324 g/mol. The number of amides is 1. The third-order valence-corrected chi connectivity index (χ3v) is 5.27. The van der Waals surface area contributed by atoms with Crippen molar-refractivity contribution >= 4 is 5.91 Å². The molecule has 0 atom stereocenters. The fourth-order valence-corrected chi connectivity index (χ4v) is 3.62. The van der Waals surface area contributed by atoms with Crippen molar-refractivity contribution in [2.45, 2.75) is 26.7 Å². The Bertz CT molecular complexity index is 986. The highest BCUT2D eigenvalue weighted by Gasteiger charge is 2.21. The monoisotopic (exact) mass is 346 g/mol. The lowest BCUT2D eigenvalue weighted by atomic mass is 9.87. The van der Waals surface area contributed by atoms with E-state index in [1.54, 1.807) is 4.68 Å². The van der Waals surface area contributed by atoms with E-state index in [2.05, 4.69) is 41.4 Å². The van der Waals surface area contributed by atoms with E-state index in [1.165, 1.54) is 22.3 Å². The molecule has 0 spiro atoms. The quantitative estimate of drug-likeness (QED) is 0.793. The van der Waals surface area contributed by atoms with E-state index < -0.39 is 0 Å². The molecule has 0 unspecified atom stereocenters. The van der Waals surface area contributed by atoms with E-state index >= 15 is 0 Å². The molecule has 1 N–H and O–H groups in total. The summed E-state index contributed by atoms with van der Waals surface area (Å²) in [7, 11) is 1.90. The van der Waals surface area contributed by atoms with Crippen molar-refractivity contribution in [2.75, 3.05) is 6.54 Å². The third-order valence-electron chi connectivity index (χ3n) is 5.27. The Morgan fingerprint density at radius 1 is 1.19 bits per heavy atom. The standard InChI is InChI=1S/C21H22N4O/c1-13-14(2)18-6-7-22-21(26)19(18)9-16(13)8-15-4-5-20(23-10-15)17-11-24-25(3)12-17/h4-5,9-12H,6-8H2,1-3H3,(H,22,26). The van der Waals surface area contributed by atoms with E-state index in [1.807, 2.05) is 31.7 Å². The average Bonchev–Trinajstić information content (AvgIpc) is 3.07. The molecule has 3 aromatic rings. The lowest BCUT2D eigenvalue weighted by molar-refractivity contribution is 0.0945. The second-order valence-corrected chi connectivity index (χ2v) is 6.95. The van der Waals surface area contributed by atoms with Crippen molar-refractivity contribution in [1.82, 2.24) is 20.1 Å². The van der Waals surface area contributed by atoms with Gasteiger partial charge in [-0.2, -0.15) is 5.10 Å². The van der Waals surface area contributed by atoms with Crippen LogP contribution in [0.25, 0.3) is 11.3 Å². The fraction of sp³-hybridized carbons (Fsp3) is 0.286. The van der Waals surface area contributed by atoms with Crippen molar-refractivity contribution in [3.05, 3.63) is 70.2 Å². The van der Waals surface area contributed by atoms with Crippen LogP contribution >= 0.6 is 0 Å². The fourth-order valence-electron chi connectivity index (χ4n) is 3.62. The van der Waals surface area contributed by atoms with Crippen LogP contribution in [0.5, 0.6) is 0 Å². The van der Waals surface area contributed by atoms with Gasteiger partial charge in [0.05, 0.1) is 11.9 Å². The number of aryl methyl sites for hydroxylation is 1. The number of carbonyl (C=O) groups is 1. The van der Waals surface area contributed by atoms with Gasteiger partial charge in [0.15, 0.2) is 0 Å². The summed E-state index contributed by atoms with van der Waals surface area (Å²) in [5, 5.41) is 7.14. The van der Waals surface area contributed by atoms with Crippen LogP contribution in [-0.4, -0.2) is 27.2 Å². The molecular formula is C21H22N4O. The number of nitrogens with zero attached hydrogens (tertiary/aromatic N) is 3. The second kappa shape index (κ2) is 6.41. The predicted molar refractivity (Wildman–Crippen MR) is 101 cm³/mol. The number of carbonyl (C=O) groups excluding carboxylic acids is 1. The number of pyridine rings is 1. The van der Waals surface area contributed by atoms with Crippen LogP contribution in [-0.2, 0) is 19.9 Å².